The van der Waals surface area contributed by atoms with E-state index < -0.39 is 11.6 Å². The molecule has 2 aromatic rings. The fourth-order valence-electron chi connectivity index (χ4n) is 6.22. The van der Waals surface area contributed by atoms with Crippen LogP contribution in [0.15, 0.2) is 53.5 Å². The highest BCUT2D eigenvalue weighted by Crippen LogP contribution is 2.34. The highest BCUT2D eigenvalue weighted by Gasteiger charge is 2.36. The molecule has 3 fully saturated rings. The Hall–Kier alpha value is -2.49. The molecule has 236 valence electrons. The predicted octanol–water partition coefficient (Wildman–Crippen LogP) is 4.99. The van der Waals surface area contributed by atoms with Crippen LogP contribution in [-0.2, 0) is 24.4 Å². The minimum Gasteiger partial charge on any atom is -0.354 e. The van der Waals surface area contributed by atoms with E-state index in [0.717, 1.165) is 18.9 Å². The Morgan fingerprint density at radius 1 is 0.907 bits per heavy atom. The summed E-state index contributed by atoms with van der Waals surface area (Å²) in [6, 6.07) is 18.7. The van der Waals surface area contributed by atoms with E-state index in [1.165, 1.54) is 22.3 Å². The van der Waals surface area contributed by atoms with Gasteiger partial charge in [-0.1, -0.05) is 74.9 Å². The molecule has 0 aromatic heterocycles. The number of aryl methyl sites for hydroxylation is 1. The average molecular weight is 593 g/mol. The number of nitrogens with zero attached hydrogens (tertiary/aromatic N) is 1. The summed E-state index contributed by atoms with van der Waals surface area (Å²) in [7, 11) is 0. The number of hydrogen-bond acceptors (Lipinski definition) is 6. The van der Waals surface area contributed by atoms with Gasteiger partial charge in [0.2, 0.25) is 0 Å². The van der Waals surface area contributed by atoms with Crippen molar-refractivity contribution in [3.8, 4) is 0 Å². The molecule has 5 unspecified atom stereocenters. The topological polar surface area (TPSA) is 85.4 Å². The largest absolute Gasteiger partial charge is 0.354 e. The zero-order valence-electron chi connectivity index (χ0n) is 27.3. The molecule has 3 saturated heterocycles. The van der Waals surface area contributed by atoms with Crippen LogP contribution < -0.4 is 16.0 Å². The highest BCUT2D eigenvalue weighted by atomic mass is 16.7. The van der Waals surface area contributed by atoms with E-state index in [9.17, 15) is 0 Å². The molecule has 0 aliphatic carbocycles. The molecule has 0 amide bonds. The molecule has 5 atom stereocenters. The lowest BCUT2D eigenvalue weighted by Crippen LogP contribution is -2.47. The van der Waals surface area contributed by atoms with E-state index in [1.807, 2.05) is 27.7 Å². The van der Waals surface area contributed by atoms with E-state index in [4.69, 9.17) is 23.9 Å². The highest BCUT2D eigenvalue weighted by molar-refractivity contribution is 5.80. The quantitative estimate of drug-likeness (QED) is 0.294. The van der Waals surface area contributed by atoms with Gasteiger partial charge in [-0.05, 0) is 63.1 Å². The summed E-state index contributed by atoms with van der Waals surface area (Å²) >= 11 is 0. The molecule has 43 heavy (non-hydrogen) atoms. The first-order valence-electron chi connectivity index (χ1n) is 15.9. The Kier molecular flexibility index (Phi) is 9.54. The molecule has 5 rings (SSSR count). The second-order valence-electron chi connectivity index (χ2n) is 14.3. The van der Waals surface area contributed by atoms with Gasteiger partial charge in [0.15, 0.2) is 17.5 Å². The summed E-state index contributed by atoms with van der Waals surface area (Å²) < 4.78 is 23.6. The second-order valence-corrected chi connectivity index (χ2v) is 14.3. The van der Waals surface area contributed by atoms with Crippen LogP contribution in [0.3, 0.4) is 0 Å². The molecule has 3 heterocycles. The smallest absolute Gasteiger partial charge is 0.191 e. The maximum Gasteiger partial charge on any atom is 0.191 e. The van der Waals surface area contributed by atoms with Gasteiger partial charge >= 0.3 is 0 Å². The summed E-state index contributed by atoms with van der Waals surface area (Å²) in [5.41, 5.74) is 5.42. The van der Waals surface area contributed by atoms with Crippen molar-refractivity contribution in [3.63, 3.8) is 0 Å². The normalized spacial score (nSPS) is 27.8. The van der Waals surface area contributed by atoms with Crippen LogP contribution in [0, 0.1) is 6.92 Å². The van der Waals surface area contributed by atoms with Gasteiger partial charge in [0, 0.05) is 31.1 Å². The first-order valence-corrected chi connectivity index (χ1v) is 15.9. The van der Waals surface area contributed by atoms with Crippen molar-refractivity contribution in [1.29, 1.82) is 0 Å². The number of ether oxygens (including phenoxy) is 4. The van der Waals surface area contributed by atoms with Gasteiger partial charge in [-0.3, -0.25) is 4.99 Å². The first kappa shape index (κ1) is 31.9. The zero-order valence-corrected chi connectivity index (χ0v) is 27.3. The van der Waals surface area contributed by atoms with Crippen molar-refractivity contribution in [3.05, 3.63) is 70.8 Å². The number of rotatable bonds is 8. The van der Waals surface area contributed by atoms with Crippen molar-refractivity contribution < 1.29 is 18.9 Å². The predicted molar refractivity (Wildman–Crippen MR) is 172 cm³/mol. The molecule has 3 N–H and O–H groups in total. The third-order valence-electron chi connectivity index (χ3n) is 8.57. The van der Waals surface area contributed by atoms with E-state index in [-0.39, 0.29) is 35.6 Å². The Labute approximate surface area is 258 Å². The van der Waals surface area contributed by atoms with Crippen molar-refractivity contribution in [2.75, 3.05) is 32.8 Å². The molecule has 0 bridgehead atoms. The fraction of sp³-hybridized carbons (Fsp3) is 0.629. The van der Waals surface area contributed by atoms with Crippen molar-refractivity contribution in [2.24, 2.45) is 4.99 Å². The fourth-order valence-corrected chi connectivity index (χ4v) is 6.22. The lowest BCUT2D eigenvalue weighted by Gasteiger charge is -2.27. The van der Waals surface area contributed by atoms with Crippen molar-refractivity contribution in [1.82, 2.24) is 16.0 Å². The number of benzene rings is 2. The van der Waals surface area contributed by atoms with Crippen molar-refractivity contribution >= 4 is 5.96 Å². The van der Waals surface area contributed by atoms with Gasteiger partial charge in [-0.2, -0.15) is 0 Å². The third kappa shape index (κ3) is 8.58. The molecule has 8 nitrogen and oxygen atoms in total. The van der Waals surface area contributed by atoms with Crippen molar-refractivity contribution in [2.45, 2.75) is 109 Å². The number of guanidine groups is 1. The van der Waals surface area contributed by atoms with Gasteiger partial charge in [0.25, 0.3) is 0 Å². The number of hydrogen-bond donors (Lipinski definition) is 3. The number of nitrogens with one attached hydrogen (secondary N) is 3. The molecular weight excluding hydrogens is 540 g/mol. The lowest BCUT2D eigenvalue weighted by atomic mass is 9.81. The van der Waals surface area contributed by atoms with E-state index in [1.54, 1.807) is 0 Å². The molecule has 8 heteroatoms. The molecule has 2 aromatic carbocycles. The Morgan fingerprint density at radius 3 is 2.05 bits per heavy atom. The first-order chi connectivity index (χ1) is 20.3. The minimum atomic E-state index is -0.569. The molecule has 0 radical (unpaired) electrons. The molecule has 0 saturated carbocycles. The van der Waals surface area contributed by atoms with Gasteiger partial charge in [0.1, 0.15) is 12.2 Å². The minimum absolute atomic E-state index is 0.0385. The van der Waals surface area contributed by atoms with Crippen LogP contribution in [-0.4, -0.2) is 74.7 Å². The molecular formula is C35H52N4O4. The summed E-state index contributed by atoms with van der Waals surface area (Å²) in [6.07, 6.45) is 0.852. The Balaban J connectivity index is 1.30. The van der Waals surface area contributed by atoms with Crippen LogP contribution in [0.4, 0.5) is 0 Å². The van der Waals surface area contributed by atoms with Gasteiger partial charge < -0.3 is 34.9 Å². The van der Waals surface area contributed by atoms with Gasteiger partial charge in [-0.15, -0.1) is 0 Å². The van der Waals surface area contributed by atoms with E-state index >= 15 is 0 Å². The third-order valence-corrected chi connectivity index (χ3v) is 8.57. The standard InChI is InChI=1S/C35H52N4O4/c1-23-9-11-24(12-10-23)31(25-13-15-26(16-14-25)33(2,3)4)30-17-27(18-36-30)39-32(37-19-28-21-40-34(5,6)42-28)38-20-29-22-41-35(7,8)43-29/h9-16,27-31,36H,17-22H2,1-8H3,(H2,37,38,39). The van der Waals surface area contributed by atoms with Crippen LogP contribution >= 0.6 is 0 Å². The van der Waals surface area contributed by atoms with E-state index in [2.05, 4.69) is 92.2 Å². The summed E-state index contributed by atoms with van der Waals surface area (Å²) in [4.78, 5) is 4.93. The maximum atomic E-state index is 6.03. The Morgan fingerprint density at radius 2 is 1.49 bits per heavy atom. The van der Waals surface area contributed by atoms with Crippen LogP contribution in [0.5, 0.6) is 0 Å². The monoisotopic (exact) mass is 592 g/mol. The number of aliphatic imine (C=N–C) groups is 1. The SMILES string of the molecule is Cc1ccc(C(c2ccc(C(C)(C)C)cc2)C2CC(NC(=NCC3COC(C)(C)O3)NCC3COC(C)(C)O3)CN2)cc1. The van der Waals surface area contributed by atoms with Crippen LogP contribution in [0.2, 0.25) is 0 Å². The summed E-state index contributed by atoms with van der Waals surface area (Å²) in [5, 5.41) is 11.1. The molecule has 3 aliphatic heterocycles. The van der Waals surface area contributed by atoms with Crippen LogP contribution in [0.1, 0.15) is 83.1 Å². The summed E-state index contributed by atoms with van der Waals surface area (Å²) in [6.45, 7) is 19.8. The van der Waals surface area contributed by atoms with E-state index in [0.29, 0.717) is 26.3 Å². The average Bonchev–Trinajstić information content (AvgIpc) is 3.64. The lowest BCUT2D eigenvalue weighted by molar-refractivity contribution is -0.137. The maximum absolute atomic E-state index is 6.03. The van der Waals surface area contributed by atoms with Gasteiger partial charge in [-0.25, -0.2) is 0 Å². The molecule has 0 spiro atoms. The van der Waals surface area contributed by atoms with Gasteiger partial charge in [0.05, 0.1) is 19.8 Å². The molecule has 3 aliphatic rings. The van der Waals surface area contributed by atoms with Crippen LogP contribution in [0.25, 0.3) is 0 Å². The second kappa shape index (κ2) is 12.9. The summed E-state index contributed by atoms with van der Waals surface area (Å²) in [5.74, 6) is -0.126. The Bertz CT molecular complexity index is 1240. The zero-order chi connectivity index (χ0) is 30.8.